The van der Waals surface area contributed by atoms with Gasteiger partial charge in [0.05, 0.1) is 0 Å². The number of hydrogen-bond acceptors (Lipinski definition) is 6. The van der Waals surface area contributed by atoms with Gasteiger partial charge < -0.3 is 14.2 Å². The second-order valence-corrected chi connectivity index (χ2v) is 19.6. The number of ether oxygens (including phenoxy) is 3. The number of allylic oxidation sites excluding steroid dienone is 6. The molecule has 1 atom stereocenters. The Kier molecular flexibility index (Phi) is 53.2. The largest absolute Gasteiger partial charge is 0.462 e. The van der Waals surface area contributed by atoms with Crippen LogP contribution < -0.4 is 0 Å². The molecule has 66 heavy (non-hydrogen) atoms. The first-order valence-electron chi connectivity index (χ1n) is 29.0. The van der Waals surface area contributed by atoms with E-state index in [-0.39, 0.29) is 31.1 Å². The molecule has 0 spiro atoms. The molecule has 0 aromatic heterocycles. The summed E-state index contributed by atoms with van der Waals surface area (Å²) in [4.78, 5) is 38.0. The predicted molar refractivity (Wildman–Crippen MR) is 284 cm³/mol. The summed E-state index contributed by atoms with van der Waals surface area (Å²) in [6.45, 7) is 6.62. The molecule has 0 aromatic carbocycles. The van der Waals surface area contributed by atoms with Gasteiger partial charge in [0.2, 0.25) is 0 Å². The minimum absolute atomic E-state index is 0.0720. The number of esters is 3. The highest BCUT2D eigenvalue weighted by molar-refractivity contribution is 5.71. The Balaban J connectivity index is 4.18. The van der Waals surface area contributed by atoms with Crippen LogP contribution in [-0.2, 0) is 28.6 Å². The molecule has 0 radical (unpaired) electrons. The van der Waals surface area contributed by atoms with E-state index >= 15 is 0 Å². The highest BCUT2D eigenvalue weighted by Crippen LogP contribution is 2.16. The molecule has 0 amide bonds. The predicted octanol–water partition coefficient (Wildman–Crippen LogP) is 19.3. The lowest BCUT2D eigenvalue weighted by Crippen LogP contribution is -2.30. The zero-order chi connectivity index (χ0) is 47.9. The Morgan fingerprint density at radius 2 is 0.545 bits per heavy atom. The van der Waals surface area contributed by atoms with Crippen molar-refractivity contribution in [2.75, 3.05) is 13.2 Å². The average Bonchev–Trinajstić information content (AvgIpc) is 3.31. The standard InChI is InChI=1S/C60H110O6/c1-4-7-10-13-16-19-22-24-25-26-27-28-29-30-31-32-33-34-35-37-38-41-44-47-50-53-59(62)65-56-57(55-64-58(61)52-49-46-43-40-21-18-15-12-9-6-3)66-60(63)54-51-48-45-42-39-36-23-20-17-14-11-8-5-2/h20,22-24,26-27,57H,4-19,21,25,28-56H2,1-3H3/b23-20-,24-22-,27-26-. The van der Waals surface area contributed by atoms with Gasteiger partial charge in [0, 0.05) is 19.3 Å². The Morgan fingerprint density at radius 1 is 0.303 bits per heavy atom. The SMILES string of the molecule is CCCCCC/C=C\CCCCCCCC(=O)OC(COC(=O)CCCCCCCCCCCC)COC(=O)CCCCCCCCCCCCCCC/C=C\C/C=C\CCCCCCC. The van der Waals surface area contributed by atoms with Crippen LogP contribution in [0.3, 0.4) is 0 Å². The summed E-state index contributed by atoms with van der Waals surface area (Å²) in [5, 5.41) is 0. The monoisotopic (exact) mass is 927 g/mol. The Morgan fingerprint density at radius 3 is 0.864 bits per heavy atom. The summed E-state index contributed by atoms with van der Waals surface area (Å²) in [6.07, 6.45) is 65.7. The van der Waals surface area contributed by atoms with Crippen molar-refractivity contribution in [3.8, 4) is 0 Å². The van der Waals surface area contributed by atoms with Gasteiger partial charge in [-0.3, -0.25) is 14.4 Å². The van der Waals surface area contributed by atoms with Gasteiger partial charge in [-0.05, 0) is 77.0 Å². The van der Waals surface area contributed by atoms with Crippen LogP contribution in [0, 0.1) is 0 Å². The van der Waals surface area contributed by atoms with Gasteiger partial charge in [-0.25, -0.2) is 0 Å². The van der Waals surface area contributed by atoms with Crippen molar-refractivity contribution in [3.63, 3.8) is 0 Å². The van der Waals surface area contributed by atoms with Gasteiger partial charge in [-0.2, -0.15) is 0 Å². The smallest absolute Gasteiger partial charge is 0.306 e. The molecule has 0 aliphatic heterocycles. The molecule has 0 saturated heterocycles. The first kappa shape index (κ1) is 63.6. The highest BCUT2D eigenvalue weighted by Gasteiger charge is 2.19. The van der Waals surface area contributed by atoms with Crippen molar-refractivity contribution < 1.29 is 28.6 Å². The lowest BCUT2D eigenvalue weighted by molar-refractivity contribution is -0.167. The molecule has 0 aromatic rings. The average molecular weight is 928 g/mol. The van der Waals surface area contributed by atoms with E-state index in [1.165, 1.54) is 199 Å². The highest BCUT2D eigenvalue weighted by atomic mass is 16.6. The lowest BCUT2D eigenvalue weighted by atomic mass is 10.0. The van der Waals surface area contributed by atoms with E-state index in [2.05, 4.69) is 57.2 Å². The molecule has 0 bridgehead atoms. The normalized spacial score (nSPS) is 12.2. The van der Waals surface area contributed by atoms with Gasteiger partial charge in [0.15, 0.2) is 6.10 Å². The Hall–Kier alpha value is -2.37. The van der Waals surface area contributed by atoms with Crippen molar-refractivity contribution in [1.82, 2.24) is 0 Å². The van der Waals surface area contributed by atoms with Crippen LogP contribution in [0.25, 0.3) is 0 Å². The minimum atomic E-state index is -0.772. The van der Waals surface area contributed by atoms with Gasteiger partial charge in [0.1, 0.15) is 13.2 Å². The van der Waals surface area contributed by atoms with Gasteiger partial charge in [-0.1, -0.05) is 250 Å². The van der Waals surface area contributed by atoms with Crippen LogP contribution in [-0.4, -0.2) is 37.2 Å². The van der Waals surface area contributed by atoms with Gasteiger partial charge in [-0.15, -0.1) is 0 Å². The fourth-order valence-corrected chi connectivity index (χ4v) is 8.47. The second-order valence-electron chi connectivity index (χ2n) is 19.6. The van der Waals surface area contributed by atoms with E-state index in [1.54, 1.807) is 0 Å². The first-order chi connectivity index (χ1) is 32.5. The summed E-state index contributed by atoms with van der Waals surface area (Å²) >= 11 is 0. The molecular weight excluding hydrogens is 817 g/mol. The number of hydrogen-bond donors (Lipinski definition) is 0. The molecule has 0 aliphatic rings. The second kappa shape index (κ2) is 55.2. The molecular formula is C60H110O6. The molecule has 6 heteroatoms. The fourth-order valence-electron chi connectivity index (χ4n) is 8.47. The maximum absolute atomic E-state index is 12.8. The Bertz CT molecular complexity index is 1110. The van der Waals surface area contributed by atoms with Gasteiger partial charge >= 0.3 is 17.9 Å². The number of carbonyl (C=O) groups is 3. The zero-order valence-corrected chi connectivity index (χ0v) is 44.2. The molecule has 1 unspecified atom stereocenters. The third-order valence-corrected chi connectivity index (χ3v) is 12.9. The van der Waals surface area contributed by atoms with E-state index in [0.717, 1.165) is 70.6 Å². The van der Waals surface area contributed by atoms with E-state index in [0.29, 0.717) is 19.3 Å². The topological polar surface area (TPSA) is 78.9 Å². The summed E-state index contributed by atoms with van der Waals surface area (Å²) < 4.78 is 16.8. The fraction of sp³-hybridized carbons (Fsp3) is 0.850. The number of unbranched alkanes of at least 4 members (excludes halogenated alkanes) is 36. The quantitative estimate of drug-likeness (QED) is 0.0262. The van der Waals surface area contributed by atoms with Crippen molar-refractivity contribution >= 4 is 17.9 Å². The van der Waals surface area contributed by atoms with Gasteiger partial charge in [0.25, 0.3) is 0 Å². The third kappa shape index (κ3) is 52.6. The van der Waals surface area contributed by atoms with E-state index < -0.39 is 6.10 Å². The zero-order valence-electron chi connectivity index (χ0n) is 44.2. The van der Waals surface area contributed by atoms with Crippen molar-refractivity contribution in [1.29, 1.82) is 0 Å². The van der Waals surface area contributed by atoms with Crippen LogP contribution in [0.15, 0.2) is 36.5 Å². The molecule has 6 nitrogen and oxygen atoms in total. The van der Waals surface area contributed by atoms with Crippen LogP contribution in [0.4, 0.5) is 0 Å². The first-order valence-corrected chi connectivity index (χ1v) is 29.0. The molecule has 0 N–H and O–H groups in total. The summed E-state index contributed by atoms with van der Waals surface area (Å²) in [5.41, 5.74) is 0. The van der Waals surface area contributed by atoms with Crippen LogP contribution in [0.2, 0.25) is 0 Å². The number of carbonyl (C=O) groups excluding carboxylic acids is 3. The summed E-state index contributed by atoms with van der Waals surface area (Å²) in [5.74, 6) is -0.869. The molecule has 0 aliphatic carbocycles. The van der Waals surface area contributed by atoms with Crippen LogP contribution >= 0.6 is 0 Å². The summed E-state index contributed by atoms with van der Waals surface area (Å²) in [6, 6.07) is 0. The maximum Gasteiger partial charge on any atom is 0.306 e. The maximum atomic E-state index is 12.8. The molecule has 0 rings (SSSR count). The molecule has 0 fully saturated rings. The van der Waals surface area contributed by atoms with Crippen LogP contribution in [0.1, 0.15) is 310 Å². The third-order valence-electron chi connectivity index (χ3n) is 12.9. The number of rotatable bonds is 53. The molecule has 0 saturated carbocycles. The van der Waals surface area contributed by atoms with Crippen molar-refractivity contribution in [2.24, 2.45) is 0 Å². The molecule has 0 heterocycles. The Labute approximate surface area is 410 Å². The van der Waals surface area contributed by atoms with Crippen LogP contribution in [0.5, 0.6) is 0 Å². The van der Waals surface area contributed by atoms with Crippen molar-refractivity contribution in [3.05, 3.63) is 36.5 Å². The summed E-state index contributed by atoms with van der Waals surface area (Å²) in [7, 11) is 0. The minimum Gasteiger partial charge on any atom is -0.462 e. The van der Waals surface area contributed by atoms with E-state index in [9.17, 15) is 14.4 Å². The van der Waals surface area contributed by atoms with E-state index in [1.807, 2.05) is 0 Å². The molecule has 386 valence electrons. The lowest BCUT2D eigenvalue weighted by Gasteiger charge is -2.18. The van der Waals surface area contributed by atoms with E-state index in [4.69, 9.17) is 14.2 Å². The van der Waals surface area contributed by atoms with Crippen molar-refractivity contribution in [2.45, 2.75) is 316 Å².